The Bertz CT molecular complexity index is 107. The van der Waals surface area contributed by atoms with E-state index in [1.165, 1.54) is 0 Å². The maximum atomic E-state index is 12.6. The first-order chi connectivity index (χ1) is 3.31. The molecule has 0 aromatic carbocycles. The molecule has 1 saturated heterocycles. The Hall–Kier alpha value is 0.180. The van der Waals surface area contributed by atoms with Crippen LogP contribution in [0.15, 0.2) is 0 Å². The van der Waals surface area contributed by atoms with Crippen LogP contribution in [-0.4, -0.2) is 18.8 Å². The number of hydrogen-bond acceptors (Lipinski definition) is 1. The van der Waals surface area contributed by atoms with Crippen LogP contribution in [0.5, 0.6) is 0 Å². The Morgan fingerprint density at radius 3 is 2.50 bits per heavy atom. The van der Waals surface area contributed by atoms with Crippen molar-refractivity contribution in [2.45, 2.75) is 12.1 Å². The van der Waals surface area contributed by atoms with Gasteiger partial charge in [0.2, 0.25) is 0 Å². The monoisotopic (exact) mass is 137 g/mol. The van der Waals surface area contributed by atoms with Gasteiger partial charge in [0.15, 0.2) is 0 Å². The smallest absolute Gasteiger partial charge is 0.128 e. The molecule has 2 atom stereocenters. The summed E-state index contributed by atoms with van der Waals surface area (Å²) < 4.78 is 12.6. The second kappa shape index (κ2) is 1.58. The molecule has 0 radical (unpaired) electrons. The summed E-state index contributed by atoms with van der Waals surface area (Å²) in [5.41, 5.74) is -0.750. The normalized spacial score (nSPS) is 49.9. The first-order valence-corrected chi connectivity index (χ1v) is 2.71. The third kappa shape index (κ3) is 0.633. The van der Waals surface area contributed by atoms with E-state index in [9.17, 15) is 4.39 Å². The van der Waals surface area contributed by atoms with Gasteiger partial charge in [0.25, 0.3) is 0 Å². The van der Waals surface area contributed by atoms with Crippen LogP contribution in [0.4, 0.5) is 4.39 Å². The fraction of sp³-hybridized carbons (Fsp3) is 1.00. The third-order valence-electron chi connectivity index (χ3n) is 1.97. The molecule has 1 N–H and O–H groups in total. The first kappa shape index (κ1) is 6.30. The molecule has 1 heterocycles. The van der Waals surface area contributed by atoms with E-state index < -0.39 is 5.67 Å². The largest absolute Gasteiger partial charge is 0.313 e. The number of fused-ring (bicyclic) bond motifs is 1. The van der Waals surface area contributed by atoms with Gasteiger partial charge >= 0.3 is 0 Å². The summed E-state index contributed by atoms with van der Waals surface area (Å²) in [5, 5.41) is 2.99. The van der Waals surface area contributed by atoms with Crippen molar-refractivity contribution in [1.29, 1.82) is 0 Å². The van der Waals surface area contributed by atoms with Crippen LogP contribution in [-0.2, 0) is 0 Å². The Morgan fingerprint density at radius 1 is 1.62 bits per heavy atom. The van der Waals surface area contributed by atoms with Gasteiger partial charge < -0.3 is 5.32 Å². The van der Waals surface area contributed by atoms with Crippen molar-refractivity contribution in [3.8, 4) is 0 Å². The zero-order chi connectivity index (χ0) is 4.91. The van der Waals surface area contributed by atoms with Crippen LogP contribution in [0.2, 0.25) is 0 Å². The zero-order valence-corrected chi connectivity index (χ0v) is 5.30. The molecule has 1 saturated carbocycles. The molecule has 2 unspecified atom stereocenters. The molecule has 8 heavy (non-hydrogen) atoms. The van der Waals surface area contributed by atoms with Gasteiger partial charge in [-0.15, -0.1) is 12.4 Å². The molecule has 2 fully saturated rings. The van der Waals surface area contributed by atoms with Gasteiger partial charge in [-0.2, -0.15) is 0 Å². The van der Waals surface area contributed by atoms with Crippen molar-refractivity contribution in [2.75, 3.05) is 13.1 Å². The van der Waals surface area contributed by atoms with E-state index >= 15 is 0 Å². The summed E-state index contributed by atoms with van der Waals surface area (Å²) in [7, 11) is 0. The van der Waals surface area contributed by atoms with Gasteiger partial charge in [0, 0.05) is 19.0 Å². The molecule has 1 aliphatic heterocycles. The molecule has 1 nitrogen and oxygen atoms in total. The highest BCUT2D eigenvalue weighted by molar-refractivity contribution is 5.85. The summed E-state index contributed by atoms with van der Waals surface area (Å²) in [6.07, 6.45) is 0.819. The Kier molecular flexibility index (Phi) is 1.24. The van der Waals surface area contributed by atoms with E-state index in [1.54, 1.807) is 0 Å². The van der Waals surface area contributed by atoms with Crippen molar-refractivity contribution in [3.05, 3.63) is 0 Å². The van der Waals surface area contributed by atoms with Crippen molar-refractivity contribution < 1.29 is 4.39 Å². The fourth-order valence-corrected chi connectivity index (χ4v) is 1.28. The maximum Gasteiger partial charge on any atom is 0.128 e. The average Bonchev–Trinajstić information content (AvgIpc) is 2.09. The topological polar surface area (TPSA) is 12.0 Å². The lowest BCUT2D eigenvalue weighted by atomic mass is 10.3. The molecule has 2 aliphatic rings. The Labute approximate surface area is 54.1 Å². The van der Waals surface area contributed by atoms with E-state index in [0.29, 0.717) is 12.5 Å². The lowest BCUT2D eigenvalue weighted by Gasteiger charge is -1.93. The van der Waals surface area contributed by atoms with Crippen molar-refractivity contribution in [3.63, 3.8) is 0 Å². The number of nitrogens with one attached hydrogen (secondary N) is 1. The van der Waals surface area contributed by atoms with Gasteiger partial charge in [-0.05, 0) is 6.42 Å². The summed E-state index contributed by atoms with van der Waals surface area (Å²) >= 11 is 0. The van der Waals surface area contributed by atoms with Crippen LogP contribution >= 0.6 is 12.4 Å². The highest BCUT2D eigenvalue weighted by atomic mass is 35.5. The van der Waals surface area contributed by atoms with E-state index in [4.69, 9.17) is 0 Å². The molecular weight excluding hydrogens is 129 g/mol. The molecular formula is C5H9ClFN. The molecule has 0 aromatic heterocycles. The van der Waals surface area contributed by atoms with Gasteiger partial charge in [-0.3, -0.25) is 0 Å². The molecule has 0 bridgehead atoms. The molecule has 0 spiro atoms. The first-order valence-electron chi connectivity index (χ1n) is 2.71. The minimum absolute atomic E-state index is 0. The lowest BCUT2D eigenvalue weighted by molar-refractivity contribution is 0.314. The molecule has 48 valence electrons. The highest BCUT2D eigenvalue weighted by Crippen LogP contribution is 2.49. The summed E-state index contributed by atoms with van der Waals surface area (Å²) in [4.78, 5) is 0. The molecule has 0 amide bonds. The number of halogens is 2. The van der Waals surface area contributed by atoms with Gasteiger partial charge in [-0.25, -0.2) is 4.39 Å². The number of alkyl halides is 1. The number of rotatable bonds is 0. The number of piperidine rings is 1. The van der Waals surface area contributed by atoms with Crippen LogP contribution in [0, 0.1) is 5.92 Å². The van der Waals surface area contributed by atoms with E-state index in [0.717, 1.165) is 13.0 Å². The van der Waals surface area contributed by atoms with Crippen LogP contribution in [0.25, 0.3) is 0 Å². The van der Waals surface area contributed by atoms with E-state index in [1.807, 2.05) is 0 Å². The SMILES string of the molecule is Cl.FC12CNCC1C2. The van der Waals surface area contributed by atoms with E-state index in [-0.39, 0.29) is 12.4 Å². The van der Waals surface area contributed by atoms with Crippen molar-refractivity contribution in [1.82, 2.24) is 5.32 Å². The standard InChI is InChI=1S/C5H8FN.ClH/c6-5-1-4(5)2-7-3-5;/h4,7H,1-3H2;1H. The third-order valence-corrected chi connectivity index (χ3v) is 1.97. The minimum atomic E-state index is -0.750. The minimum Gasteiger partial charge on any atom is -0.313 e. The average molecular weight is 138 g/mol. The van der Waals surface area contributed by atoms with Crippen molar-refractivity contribution >= 4 is 12.4 Å². The summed E-state index contributed by atoms with van der Waals surface area (Å²) in [5.74, 6) is 0.382. The predicted octanol–water partition coefficient (Wildman–Crippen LogP) is 0.740. The maximum absolute atomic E-state index is 12.6. The summed E-state index contributed by atoms with van der Waals surface area (Å²) in [6.45, 7) is 1.52. The molecule has 3 heteroatoms. The van der Waals surface area contributed by atoms with Crippen LogP contribution in [0.3, 0.4) is 0 Å². The van der Waals surface area contributed by atoms with Gasteiger partial charge in [0.1, 0.15) is 5.67 Å². The fourth-order valence-electron chi connectivity index (χ4n) is 1.28. The van der Waals surface area contributed by atoms with E-state index in [2.05, 4.69) is 5.32 Å². The van der Waals surface area contributed by atoms with Gasteiger partial charge in [-0.1, -0.05) is 0 Å². The zero-order valence-electron chi connectivity index (χ0n) is 4.48. The quantitative estimate of drug-likeness (QED) is 0.520. The predicted molar refractivity (Wildman–Crippen MR) is 32.1 cm³/mol. The summed E-state index contributed by atoms with van der Waals surface area (Å²) in [6, 6.07) is 0. The Morgan fingerprint density at radius 2 is 2.38 bits per heavy atom. The van der Waals surface area contributed by atoms with Gasteiger partial charge in [0.05, 0.1) is 0 Å². The lowest BCUT2D eigenvalue weighted by Crippen LogP contribution is -2.16. The second-order valence-electron chi connectivity index (χ2n) is 2.57. The van der Waals surface area contributed by atoms with Crippen LogP contribution in [0.1, 0.15) is 6.42 Å². The number of hydrogen-bond donors (Lipinski definition) is 1. The second-order valence-corrected chi connectivity index (χ2v) is 2.57. The molecule has 1 aliphatic carbocycles. The van der Waals surface area contributed by atoms with Crippen LogP contribution < -0.4 is 5.32 Å². The molecule has 0 aromatic rings. The van der Waals surface area contributed by atoms with Crippen molar-refractivity contribution in [2.24, 2.45) is 5.92 Å². The molecule has 2 rings (SSSR count). The Balaban J connectivity index is 0.000000320. The highest BCUT2D eigenvalue weighted by Gasteiger charge is 2.58.